The summed E-state index contributed by atoms with van der Waals surface area (Å²) < 4.78 is 6.58. The van der Waals surface area contributed by atoms with Gasteiger partial charge in [-0.3, -0.25) is 5.41 Å². The van der Waals surface area contributed by atoms with Gasteiger partial charge in [-0.2, -0.15) is 0 Å². The molecule has 0 aliphatic heterocycles. The molecule has 0 aliphatic carbocycles. The van der Waals surface area contributed by atoms with Crippen LogP contribution >= 0.6 is 11.3 Å². The lowest BCUT2D eigenvalue weighted by Crippen LogP contribution is -2.15. The van der Waals surface area contributed by atoms with Gasteiger partial charge in [-0.15, -0.1) is 11.3 Å². The zero-order valence-electron chi connectivity index (χ0n) is 5.76. The second kappa shape index (κ2) is 3.53. The molecule has 0 saturated heterocycles. The SMILES string of the molecule is COCCn1[c]csc1=N. The molecule has 3 nitrogen and oxygen atoms in total. The van der Waals surface area contributed by atoms with Gasteiger partial charge in [0.1, 0.15) is 0 Å². The molecule has 0 unspecified atom stereocenters. The van der Waals surface area contributed by atoms with E-state index in [-0.39, 0.29) is 0 Å². The Morgan fingerprint density at radius 2 is 2.70 bits per heavy atom. The quantitative estimate of drug-likeness (QED) is 0.680. The van der Waals surface area contributed by atoms with E-state index in [1.165, 1.54) is 11.3 Å². The molecule has 0 aromatic carbocycles. The Bertz CT molecular complexity index is 240. The number of methoxy groups -OCH3 is 1. The number of rotatable bonds is 3. The number of aromatic nitrogens is 1. The minimum atomic E-state index is 0.525. The molecule has 1 aromatic heterocycles. The fourth-order valence-corrected chi connectivity index (χ4v) is 1.18. The summed E-state index contributed by atoms with van der Waals surface area (Å²) in [7, 11) is 1.65. The van der Waals surface area contributed by atoms with Gasteiger partial charge in [0.2, 0.25) is 0 Å². The molecule has 1 rings (SSSR count). The summed E-state index contributed by atoms with van der Waals surface area (Å²) in [5, 5.41) is 9.10. The molecule has 0 bridgehead atoms. The van der Waals surface area contributed by atoms with Crippen LogP contribution in [0.2, 0.25) is 0 Å². The number of hydrogen-bond donors (Lipinski definition) is 1. The molecule has 0 fully saturated rings. The van der Waals surface area contributed by atoms with Crippen molar-refractivity contribution in [1.29, 1.82) is 5.41 Å². The third-order valence-electron chi connectivity index (χ3n) is 1.14. The molecule has 1 heterocycles. The smallest absolute Gasteiger partial charge is 0.182 e. The summed E-state index contributed by atoms with van der Waals surface area (Å²) in [4.78, 5) is 0.525. The highest BCUT2D eigenvalue weighted by Gasteiger charge is 1.91. The minimum absolute atomic E-state index is 0.525. The highest BCUT2D eigenvalue weighted by molar-refractivity contribution is 7.06. The van der Waals surface area contributed by atoms with Crippen molar-refractivity contribution in [2.75, 3.05) is 13.7 Å². The van der Waals surface area contributed by atoms with E-state index in [0.29, 0.717) is 11.4 Å². The molecule has 0 aliphatic rings. The fraction of sp³-hybridized carbons (Fsp3) is 0.500. The van der Waals surface area contributed by atoms with E-state index in [1.54, 1.807) is 17.1 Å². The van der Waals surface area contributed by atoms with Gasteiger partial charge in [0.15, 0.2) is 4.80 Å². The van der Waals surface area contributed by atoms with Crippen molar-refractivity contribution in [3.8, 4) is 0 Å². The highest BCUT2D eigenvalue weighted by atomic mass is 32.1. The van der Waals surface area contributed by atoms with Crippen molar-refractivity contribution in [3.05, 3.63) is 16.4 Å². The van der Waals surface area contributed by atoms with Gasteiger partial charge in [-0.1, -0.05) is 0 Å². The third kappa shape index (κ3) is 1.68. The average Bonchev–Trinajstić information content (AvgIpc) is 2.31. The van der Waals surface area contributed by atoms with E-state index in [0.717, 1.165) is 6.54 Å². The van der Waals surface area contributed by atoms with Crippen LogP contribution in [0.1, 0.15) is 0 Å². The largest absolute Gasteiger partial charge is 0.383 e. The molecule has 10 heavy (non-hydrogen) atoms. The number of hydrogen-bond acceptors (Lipinski definition) is 3. The standard InChI is InChI=1S/C6H9N2OS/c1-9-4-2-8-3-5-10-6(8)7/h5,7H,2,4H2,1H3. The normalized spacial score (nSPS) is 10.1. The highest BCUT2D eigenvalue weighted by Crippen LogP contribution is 1.86. The zero-order valence-corrected chi connectivity index (χ0v) is 6.57. The summed E-state index contributed by atoms with van der Waals surface area (Å²) in [5.41, 5.74) is 0. The molecule has 0 saturated carbocycles. The lowest BCUT2D eigenvalue weighted by molar-refractivity contribution is 0.186. The second-order valence-corrected chi connectivity index (χ2v) is 2.67. The number of nitrogens with one attached hydrogen (secondary N) is 1. The van der Waals surface area contributed by atoms with Gasteiger partial charge in [0.05, 0.1) is 12.8 Å². The van der Waals surface area contributed by atoms with Crippen LogP contribution < -0.4 is 4.80 Å². The molecule has 0 atom stereocenters. The topological polar surface area (TPSA) is 38.0 Å². The van der Waals surface area contributed by atoms with Crippen molar-refractivity contribution in [2.24, 2.45) is 0 Å². The third-order valence-corrected chi connectivity index (χ3v) is 1.81. The van der Waals surface area contributed by atoms with Crippen molar-refractivity contribution in [1.82, 2.24) is 4.57 Å². The van der Waals surface area contributed by atoms with E-state index in [4.69, 9.17) is 10.1 Å². The van der Waals surface area contributed by atoms with Crippen LogP contribution in [0.5, 0.6) is 0 Å². The summed E-state index contributed by atoms with van der Waals surface area (Å²) in [6.07, 6.45) is 2.91. The summed E-state index contributed by atoms with van der Waals surface area (Å²) >= 11 is 1.37. The molecule has 1 N–H and O–H groups in total. The first-order chi connectivity index (χ1) is 4.84. The van der Waals surface area contributed by atoms with Crippen molar-refractivity contribution >= 4 is 11.3 Å². The number of ether oxygens (including phenoxy) is 1. The van der Waals surface area contributed by atoms with E-state index in [2.05, 4.69) is 6.20 Å². The first-order valence-corrected chi connectivity index (χ1v) is 3.82. The molecule has 0 spiro atoms. The molecular formula is C6H9N2OS. The lowest BCUT2D eigenvalue weighted by Gasteiger charge is -1.97. The monoisotopic (exact) mass is 157 g/mol. The van der Waals surface area contributed by atoms with Gasteiger partial charge < -0.3 is 9.30 Å². The van der Waals surface area contributed by atoms with Gasteiger partial charge in [0.25, 0.3) is 0 Å². The molecule has 1 radical (unpaired) electrons. The summed E-state index contributed by atoms with van der Waals surface area (Å²) in [5.74, 6) is 0. The van der Waals surface area contributed by atoms with Gasteiger partial charge in [-0.25, -0.2) is 0 Å². The van der Waals surface area contributed by atoms with Crippen LogP contribution in [0.4, 0.5) is 0 Å². The number of thiazole rings is 1. The van der Waals surface area contributed by atoms with Crippen LogP contribution in [0, 0.1) is 11.6 Å². The van der Waals surface area contributed by atoms with Crippen molar-refractivity contribution in [3.63, 3.8) is 0 Å². The maximum Gasteiger partial charge on any atom is 0.182 e. The maximum atomic E-state index is 7.32. The Morgan fingerprint density at radius 1 is 1.90 bits per heavy atom. The van der Waals surface area contributed by atoms with Gasteiger partial charge >= 0.3 is 0 Å². The summed E-state index contributed by atoms with van der Waals surface area (Å²) in [6.45, 7) is 1.36. The molecule has 0 amide bonds. The molecule has 1 aromatic rings. The van der Waals surface area contributed by atoms with Gasteiger partial charge in [-0.05, 0) is 0 Å². The van der Waals surface area contributed by atoms with Crippen LogP contribution in [0.25, 0.3) is 0 Å². The predicted molar refractivity (Wildman–Crippen MR) is 38.9 cm³/mol. The van der Waals surface area contributed by atoms with E-state index in [1.807, 2.05) is 0 Å². The molecular weight excluding hydrogens is 148 g/mol. The Kier molecular flexibility index (Phi) is 2.65. The Balaban J connectivity index is 2.57. The first-order valence-electron chi connectivity index (χ1n) is 2.94. The molecule has 4 heteroatoms. The summed E-state index contributed by atoms with van der Waals surface area (Å²) in [6, 6.07) is 0. The Morgan fingerprint density at radius 3 is 3.20 bits per heavy atom. The maximum absolute atomic E-state index is 7.32. The van der Waals surface area contributed by atoms with E-state index in [9.17, 15) is 0 Å². The van der Waals surface area contributed by atoms with Crippen molar-refractivity contribution in [2.45, 2.75) is 6.54 Å². The van der Waals surface area contributed by atoms with Crippen LogP contribution in [-0.4, -0.2) is 18.3 Å². The van der Waals surface area contributed by atoms with Crippen LogP contribution in [0.15, 0.2) is 5.38 Å². The Hall–Kier alpha value is -0.610. The first kappa shape index (κ1) is 7.50. The lowest BCUT2D eigenvalue weighted by atomic mass is 10.6. The average molecular weight is 157 g/mol. The predicted octanol–water partition coefficient (Wildman–Crippen LogP) is 0.476. The van der Waals surface area contributed by atoms with Crippen LogP contribution in [-0.2, 0) is 11.3 Å². The Labute approximate surface area is 63.4 Å². The second-order valence-electron chi connectivity index (χ2n) is 1.81. The minimum Gasteiger partial charge on any atom is -0.383 e. The van der Waals surface area contributed by atoms with E-state index >= 15 is 0 Å². The zero-order chi connectivity index (χ0) is 7.40. The van der Waals surface area contributed by atoms with Gasteiger partial charge in [0, 0.05) is 19.0 Å². The van der Waals surface area contributed by atoms with Crippen molar-refractivity contribution < 1.29 is 4.74 Å². The fourth-order valence-electron chi connectivity index (χ4n) is 0.617. The number of nitrogens with zero attached hydrogens (tertiary/aromatic N) is 1. The van der Waals surface area contributed by atoms with E-state index < -0.39 is 0 Å². The van der Waals surface area contributed by atoms with Crippen LogP contribution in [0.3, 0.4) is 0 Å². The molecule has 55 valence electrons.